The molecule has 2 N–H and O–H groups in total. The molecule has 0 atom stereocenters. The Hall–Kier alpha value is -5.43. The van der Waals surface area contributed by atoms with Gasteiger partial charge in [-0.05, 0) is 38.3 Å². The Morgan fingerprint density at radius 3 is 0.968 bits per heavy atom. The number of benzene rings is 6. The molecule has 0 aliphatic heterocycles. The third-order valence-corrected chi connectivity index (χ3v) is 27.9. The third kappa shape index (κ3) is 10.5. The highest BCUT2D eigenvalue weighted by atomic mass is 28.4. The summed E-state index contributed by atoms with van der Waals surface area (Å²) in [6, 6.07) is 65.3. The quantitative estimate of drug-likeness (QED) is 0.0950. The van der Waals surface area contributed by atoms with E-state index >= 15 is 0 Å². The van der Waals surface area contributed by atoms with Crippen molar-refractivity contribution in [3.63, 3.8) is 0 Å². The summed E-state index contributed by atoms with van der Waals surface area (Å²) >= 11 is 0. The lowest BCUT2D eigenvalue weighted by molar-refractivity contribution is 0.541. The number of imidazole rings is 2. The minimum atomic E-state index is -1.90. The number of aromatic nitrogens is 4. The lowest BCUT2D eigenvalue weighted by Gasteiger charge is -2.37. The first-order valence-electron chi connectivity index (χ1n) is 22.5. The molecule has 0 saturated heterocycles. The zero-order chi connectivity index (χ0) is 44.2. The maximum Gasteiger partial charge on any atom is 0.173 e. The molecule has 0 unspecified atom stereocenters. The minimum absolute atomic E-state index is 0.903. The lowest BCUT2D eigenvalue weighted by Crippen LogP contribution is -2.49. The molecule has 0 saturated carbocycles. The number of nitrogens with zero attached hydrogens (tertiary/aromatic N) is 2. The van der Waals surface area contributed by atoms with Crippen molar-refractivity contribution < 1.29 is 4.12 Å². The van der Waals surface area contributed by atoms with Crippen molar-refractivity contribution in [1.29, 1.82) is 0 Å². The van der Waals surface area contributed by atoms with Crippen LogP contribution in [0.1, 0.15) is 0 Å². The Balaban J connectivity index is 0.890. The van der Waals surface area contributed by atoms with Crippen molar-refractivity contribution in [3.8, 4) is 67.8 Å². The van der Waals surface area contributed by atoms with E-state index in [9.17, 15) is 0 Å². The topological polar surface area (TPSA) is 66.6 Å². The summed E-state index contributed by atoms with van der Waals surface area (Å²) in [4.78, 5) is 17.7. The van der Waals surface area contributed by atoms with E-state index in [1.807, 2.05) is 0 Å². The van der Waals surface area contributed by atoms with Crippen LogP contribution in [0.25, 0.3) is 67.8 Å². The van der Waals surface area contributed by atoms with Gasteiger partial charge in [-0.15, -0.1) is 0 Å². The molecular weight excluding hydrogens is 833 g/mol. The van der Waals surface area contributed by atoms with Crippen LogP contribution in [0.3, 0.4) is 0 Å². The van der Waals surface area contributed by atoms with E-state index in [1.165, 1.54) is 34.5 Å². The molecule has 6 aromatic carbocycles. The number of rotatable bonds is 16. The van der Waals surface area contributed by atoms with Crippen LogP contribution in [0.5, 0.6) is 0 Å². The Kier molecular flexibility index (Phi) is 12.9. The smallest absolute Gasteiger partial charge is 0.173 e. The highest BCUT2D eigenvalue weighted by Crippen LogP contribution is 2.35. The van der Waals surface area contributed by atoms with Gasteiger partial charge in [-0.2, -0.15) is 0 Å². The minimum Gasteiger partial charge on any atom is -0.456 e. The van der Waals surface area contributed by atoms with Crippen molar-refractivity contribution in [1.82, 2.24) is 19.9 Å². The summed E-state index contributed by atoms with van der Waals surface area (Å²) < 4.78 is 7.31. The molecule has 8 rings (SSSR count). The second kappa shape index (κ2) is 18.3. The van der Waals surface area contributed by atoms with Gasteiger partial charge in [0, 0.05) is 33.4 Å². The summed E-state index contributed by atoms with van der Waals surface area (Å²) in [5.74, 6) is 1.81. The molecule has 0 aliphatic carbocycles. The second-order valence-corrected chi connectivity index (χ2v) is 38.2. The van der Waals surface area contributed by atoms with Gasteiger partial charge in [-0.1, -0.05) is 219 Å². The summed E-state index contributed by atoms with van der Waals surface area (Å²) in [6.07, 6.45) is 0. The van der Waals surface area contributed by atoms with Crippen molar-refractivity contribution >= 4 is 43.2 Å². The molecule has 0 spiro atoms. The Bertz CT molecular complexity index is 2420. The zero-order valence-electron chi connectivity index (χ0n) is 38.3. The van der Waals surface area contributed by atoms with Gasteiger partial charge in [0.15, 0.2) is 16.6 Å². The second-order valence-electron chi connectivity index (χ2n) is 19.6. The first-order chi connectivity index (χ1) is 30.2. The molecule has 0 fully saturated rings. The van der Waals surface area contributed by atoms with E-state index in [0.717, 1.165) is 67.8 Å². The Morgan fingerprint density at radius 1 is 0.349 bits per heavy atom. The summed E-state index contributed by atoms with van der Waals surface area (Å²) in [6.45, 7) is 20.0. The molecule has 320 valence electrons. The van der Waals surface area contributed by atoms with Crippen LogP contribution in [0.15, 0.2) is 170 Å². The predicted octanol–water partition coefficient (Wildman–Crippen LogP) is 14.1. The van der Waals surface area contributed by atoms with Gasteiger partial charge in [0.1, 0.15) is 11.6 Å². The van der Waals surface area contributed by atoms with Gasteiger partial charge in [-0.3, -0.25) is 0 Å². The Morgan fingerprint density at radius 2 is 0.651 bits per heavy atom. The van der Waals surface area contributed by atoms with Crippen molar-refractivity contribution in [2.75, 3.05) is 0 Å². The number of aromatic amines is 2. The highest BCUT2D eigenvalue weighted by molar-refractivity contribution is 6.93. The normalized spacial score (nSPS) is 12.4. The third-order valence-electron chi connectivity index (χ3n) is 12.8. The largest absolute Gasteiger partial charge is 0.456 e. The molecule has 0 aliphatic rings. The molecule has 2 aromatic heterocycles. The van der Waals surface area contributed by atoms with E-state index < -0.39 is 32.8 Å². The molecule has 8 aromatic rings. The molecule has 5 nitrogen and oxygen atoms in total. The van der Waals surface area contributed by atoms with Crippen LogP contribution in [-0.2, 0) is 4.12 Å². The Labute approximate surface area is 379 Å². The van der Waals surface area contributed by atoms with Crippen LogP contribution < -0.4 is 10.4 Å². The fourth-order valence-corrected chi connectivity index (χ4v) is 28.1. The summed E-state index contributed by atoms with van der Waals surface area (Å²) in [5, 5.41) is 2.98. The van der Waals surface area contributed by atoms with Gasteiger partial charge in [0.25, 0.3) is 0 Å². The SMILES string of the molecule is C[Si](C)(CC[Si](C)(C)c1ccc(-c2nc(-c3ccccc3)c(-c3ccccc3)[nH]2)cc1)O[Si](C)(C)CC[Si](C)(C)c1ccc(-c2nc(-c3ccccc3)c(-c3ccccc3)[nH]2)cc1. The van der Waals surface area contributed by atoms with Crippen LogP contribution in [-0.4, -0.2) is 52.7 Å². The van der Waals surface area contributed by atoms with E-state index in [-0.39, 0.29) is 0 Å². The average molecular weight is 895 g/mol. The molecule has 9 heteroatoms. The van der Waals surface area contributed by atoms with E-state index in [1.54, 1.807) is 0 Å². The van der Waals surface area contributed by atoms with Crippen molar-refractivity contribution in [2.45, 2.75) is 76.6 Å². The van der Waals surface area contributed by atoms with Crippen molar-refractivity contribution in [3.05, 3.63) is 170 Å². The average Bonchev–Trinajstić information content (AvgIpc) is 3.96. The van der Waals surface area contributed by atoms with Gasteiger partial charge >= 0.3 is 0 Å². The molecular formula is C54H62N4OSi4. The first kappa shape index (κ1) is 44.2. The number of hydrogen-bond acceptors (Lipinski definition) is 3. The number of hydrogen-bond donors (Lipinski definition) is 2. The fraction of sp³-hybridized carbons (Fsp3) is 0.222. The summed E-state index contributed by atoms with van der Waals surface area (Å²) in [7, 11) is -7.23. The predicted molar refractivity (Wildman–Crippen MR) is 279 cm³/mol. The van der Waals surface area contributed by atoms with Crippen LogP contribution in [0.4, 0.5) is 0 Å². The van der Waals surface area contributed by atoms with Gasteiger partial charge in [-0.25, -0.2) is 9.97 Å². The molecule has 0 amide bonds. The van der Waals surface area contributed by atoms with Crippen molar-refractivity contribution in [2.24, 2.45) is 0 Å². The molecule has 0 bridgehead atoms. The fourth-order valence-electron chi connectivity index (χ4n) is 8.78. The lowest BCUT2D eigenvalue weighted by atomic mass is 10.1. The van der Waals surface area contributed by atoms with Gasteiger partial charge < -0.3 is 14.1 Å². The standard InChI is InChI=1S/C54H62N4OSi4/c1-60(2,47-33-29-45(30-34-47)53-55-49(41-21-13-9-14-22-41)50(56-53)42-23-15-10-16-24-42)37-39-62(5,6)59-63(7,8)40-38-61(3,4)48-35-31-46(32-36-48)54-57-51(43-25-17-11-18-26-43)52(58-54)44-27-19-12-20-28-44/h9-36H,37-40H2,1-8H3,(H,55,56)(H,57,58). The van der Waals surface area contributed by atoms with Gasteiger partial charge in [0.05, 0.1) is 38.9 Å². The number of H-pyrrole nitrogens is 2. The van der Waals surface area contributed by atoms with Gasteiger partial charge in [0.2, 0.25) is 0 Å². The van der Waals surface area contributed by atoms with Crippen LogP contribution >= 0.6 is 0 Å². The summed E-state index contributed by atoms with van der Waals surface area (Å²) in [5.41, 5.74) is 10.8. The zero-order valence-corrected chi connectivity index (χ0v) is 42.3. The van der Waals surface area contributed by atoms with E-state index in [4.69, 9.17) is 14.1 Å². The maximum atomic E-state index is 7.31. The molecule has 2 heterocycles. The van der Waals surface area contributed by atoms with Crippen LogP contribution in [0, 0.1) is 0 Å². The number of nitrogens with one attached hydrogen (secondary N) is 2. The monoisotopic (exact) mass is 894 g/mol. The highest BCUT2D eigenvalue weighted by Gasteiger charge is 2.37. The van der Waals surface area contributed by atoms with Crippen LogP contribution in [0.2, 0.25) is 76.6 Å². The maximum absolute atomic E-state index is 7.31. The van der Waals surface area contributed by atoms with E-state index in [2.05, 4.69) is 232 Å². The first-order valence-corrected chi connectivity index (χ1v) is 35.1. The van der Waals surface area contributed by atoms with E-state index in [0.29, 0.717) is 0 Å². The molecule has 0 radical (unpaired) electrons. The molecule has 63 heavy (non-hydrogen) atoms.